The quantitative estimate of drug-likeness (QED) is 0.771. The van der Waals surface area contributed by atoms with Gasteiger partial charge in [0.25, 0.3) is 0 Å². The Morgan fingerprint density at radius 1 is 1.30 bits per heavy atom. The lowest BCUT2D eigenvalue weighted by Gasteiger charge is -1.99. The summed E-state index contributed by atoms with van der Waals surface area (Å²) in [5, 5.41) is 5.64. The summed E-state index contributed by atoms with van der Waals surface area (Å²) in [6, 6.07) is 5.23. The number of hydrogen-bond acceptors (Lipinski definition) is 6. The van der Waals surface area contributed by atoms with Crippen LogP contribution in [0.1, 0.15) is 6.92 Å². The SMILES string of the molecule is CCn1nc(S(=O)c2ccccn2)c2c(N)ncnc21. The molecule has 1 atom stereocenters. The van der Waals surface area contributed by atoms with E-state index in [0.29, 0.717) is 27.6 Å². The molecular formula is C12H12N6OS. The highest BCUT2D eigenvalue weighted by Crippen LogP contribution is 2.26. The predicted octanol–water partition coefficient (Wildman–Crippen LogP) is 0.990. The topological polar surface area (TPSA) is 99.6 Å². The lowest BCUT2D eigenvalue weighted by molar-refractivity contribution is 0.642. The van der Waals surface area contributed by atoms with Crippen molar-refractivity contribution < 1.29 is 4.21 Å². The normalized spacial score (nSPS) is 12.7. The number of pyridine rings is 1. The zero-order chi connectivity index (χ0) is 14.1. The van der Waals surface area contributed by atoms with Gasteiger partial charge in [0, 0.05) is 12.7 Å². The third-order valence-electron chi connectivity index (χ3n) is 2.83. The lowest BCUT2D eigenvalue weighted by Crippen LogP contribution is -2.00. The van der Waals surface area contributed by atoms with Crippen molar-refractivity contribution >= 4 is 27.7 Å². The minimum atomic E-state index is -1.52. The zero-order valence-electron chi connectivity index (χ0n) is 10.7. The summed E-state index contributed by atoms with van der Waals surface area (Å²) in [7, 11) is -1.52. The van der Waals surface area contributed by atoms with E-state index in [-0.39, 0.29) is 5.82 Å². The highest BCUT2D eigenvalue weighted by atomic mass is 32.2. The standard InChI is InChI=1S/C12H12N6OS/c1-2-18-11-9(10(13)15-7-16-11)12(17-18)20(19)8-5-3-4-6-14-8/h3-7H,2H2,1H3,(H2,13,15,16). The van der Waals surface area contributed by atoms with Crippen LogP contribution in [0.2, 0.25) is 0 Å². The molecule has 0 aliphatic carbocycles. The summed E-state index contributed by atoms with van der Waals surface area (Å²) in [6.07, 6.45) is 2.96. The van der Waals surface area contributed by atoms with Gasteiger partial charge in [0.1, 0.15) is 28.0 Å². The third kappa shape index (κ3) is 1.94. The van der Waals surface area contributed by atoms with Crippen molar-refractivity contribution in [1.29, 1.82) is 0 Å². The number of anilines is 1. The van der Waals surface area contributed by atoms with Crippen LogP contribution in [-0.4, -0.2) is 28.9 Å². The van der Waals surface area contributed by atoms with E-state index in [2.05, 4.69) is 20.1 Å². The molecule has 0 radical (unpaired) electrons. The number of nitrogen functional groups attached to an aromatic ring is 1. The van der Waals surface area contributed by atoms with E-state index in [1.54, 1.807) is 29.1 Å². The van der Waals surface area contributed by atoms with Gasteiger partial charge in [0.2, 0.25) is 0 Å². The minimum absolute atomic E-state index is 0.272. The molecule has 0 aliphatic rings. The Hall–Kier alpha value is -2.35. The average molecular weight is 288 g/mol. The number of aryl methyl sites for hydroxylation is 1. The van der Waals surface area contributed by atoms with Gasteiger partial charge in [0.05, 0.1) is 5.39 Å². The Kier molecular flexibility index (Phi) is 3.15. The van der Waals surface area contributed by atoms with E-state index >= 15 is 0 Å². The van der Waals surface area contributed by atoms with Gasteiger partial charge in [-0.15, -0.1) is 0 Å². The molecule has 0 aromatic carbocycles. The number of nitrogens with zero attached hydrogens (tertiary/aromatic N) is 5. The molecule has 0 fully saturated rings. The molecule has 3 aromatic heterocycles. The molecule has 0 aliphatic heterocycles. The number of rotatable bonds is 3. The van der Waals surface area contributed by atoms with E-state index in [0.717, 1.165) is 0 Å². The molecule has 1 unspecified atom stereocenters. The van der Waals surface area contributed by atoms with Gasteiger partial charge in [-0.1, -0.05) is 6.07 Å². The van der Waals surface area contributed by atoms with Crippen LogP contribution >= 0.6 is 0 Å². The Bertz CT molecular complexity index is 785. The predicted molar refractivity (Wildman–Crippen MR) is 74.3 cm³/mol. The molecular weight excluding hydrogens is 276 g/mol. The van der Waals surface area contributed by atoms with Crippen LogP contribution in [0.3, 0.4) is 0 Å². The molecule has 102 valence electrons. The maximum absolute atomic E-state index is 12.6. The van der Waals surface area contributed by atoms with E-state index in [4.69, 9.17) is 5.73 Å². The molecule has 3 aromatic rings. The highest BCUT2D eigenvalue weighted by Gasteiger charge is 2.21. The van der Waals surface area contributed by atoms with Crippen LogP contribution in [0.15, 0.2) is 40.8 Å². The van der Waals surface area contributed by atoms with Crippen LogP contribution in [-0.2, 0) is 17.3 Å². The lowest BCUT2D eigenvalue weighted by atomic mass is 10.4. The fourth-order valence-corrected chi connectivity index (χ4v) is 3.01. The average Bonchev–Trinajstić information content (AvgIpc) is 2.87. The first kappa shape index (κ1) is 12.7. The Balaban J connectivity index is 2.24. The van der Waals surface area contributed by atoms with Crippen molar-refractivity contribution in [1.82, 2.24) is 24.7 Å². The summed E-state index contributed by atoms with van der Waals surface area (Å²) in [6.45, 7) is 2.53. The fourth-order valence-electron chi connectivity index (χ4n) is 1.90. The summed E-state index contributed by atoms with van der Waals surface area (Å²) in [4.78, 5) is 12.2. The van der Waals surface area contributed by atoms with Crippen LogP contribution in [0.25, 0.3) is 11.0 Å². The summed E-state index contributed by atoms with van der Waals surface area (Å²) in [5.74, 6) is 0.272. The molecule has 7 nitrogen and oxygen atoms in total. The van der Waals surface area contributed by atoms with Crippen molar-refractivity contribution in [2.45, 2.75) is 23.5 Å². The Morgan fingerprint density at radius 2 is 2.15 bits per heavy atom. The molecule has 0 saturated heterocycles. The first-order valence-corrected chi connectivity index (χ1v) is 7.17. The molecule has 0 saturated carbocycles. The van der Waals surface area contributed by atoms with Crippen molar-refractivity contribution in [3.8, 4) is 0 Å². The molecule has 0 bridgehead atoms. The van der Waals surface area contributed by atoms with Crippen molar-refractivity contribution in [2.75, 3.05) is 5.73 Å². The van der Waals surface area contributed by atoms with Gasteiger partial charge < -0.3 is 5.73 Å². The van der Waals surface area contributed by atoms with Gasteiger partial charge in [-0.2, -0.15) is 5.10 Å². The summed E-state index contributed by atoms with van der Waals surface area (Å²) >= 11 is 0. The summed E-state index contributed by atoms with van der Waals surface area (Å²) in [5.41, 5.74) is 6.46. The second-order valence-corrected chi connectivity index (χ2v) is 5.36. The first-order valence-electron chi connectivity index (χ1n) is 6.02. The molecule has 3 rings (SSSR count). The number of hydrogen-bond donors (Lipinski definition) is 1. The van der Waals surface area contributed by atoms with Gasteiger partial charge in [0.15, 0.2) is 10.7 Å². The fraction of sp³-hybridized carbons (Fsp3) is 0.167. The van der Waals surface area contributed by atoms with E-state index in [1.165, 1.54) is 6.33 Å². The molecule has 20 heavy (non-hydrogen) atoms. The van der Waals surface area contributed by atoms with Gasteiger partial charge in [-0.3, -0.25) is 0 Å². The molecule has 0 spiro atoms. The maximum Gasteiger partial charge on any atom is 0.169 e. The number of aromatic nitrogens is 5. The van der Waals surface area contributed by atoms with Crippen LogP contribution in [0.5, 0.6) is 0 Å². The zero-order valence-corrected chi connectivity index (χ0v) is 11.5. The largest absolute Gasteiger partial charge is 0.383 e. The smallest absolute Gasteiger partial charge is 0.169 e. The van der Waals surface area contributed by atoms with E-state index < -0.39 is 10.8 Å². The van der Waals surface area contributed by atoms with Crippen LogP contribution in [0.4, 0.5) is 5.82 Å². The van der Waals surface area contributed by atoms with Gasteiger partial charge in [-0.25, -0.2) is 23.8 Å². The van der Waals surface area contributed by atoms with Gasteiger partial charge >= 0.3 is 0 Å². The minimum Gasteiger partial charge on any atom is -0.383 e. The summed E-state index contributed by atoms with van der Waals surface area (Å²) < 4.78 is 14.3. The Labute approximate surface area is 117 Å². The first-order chi connectivity index (χ1) is 9.72. The van der Waals surface area contributed by atoms with E-state index in [1.807, 2.05) is 6.92 Å². The number of fused-ring (bicyclic) bond motifs is 1. The molecule has 8 heteroatoms. The monoisotopic (exact) mass is 288 g/mol. The third-order valence-corrected chi connectivity index (χ3v) is 4.09. The van der Waals surface area contributed by atoms with Crippen LogP contribution in [0, 0.1) is 0 Å². The van der Waals surface area contributed by atoms with Crippen molar-refractivity contribution in [2.24, 2.45) is 0 Å². The van der Waals surface area contributed by atoms with Gasteiger partial charge in [-0.05, 0) is 19.1 Å². The second-order valence-electron chi connectivity index (χ2n) is 4.02. The molecule has 0 amide bonds. The second kappa shape index (κ2) is 4.97. The number of nitrogens with two attached hydrogens (primary N) is 1. The van der Waals surface area contributed by atoms with Crippen molar-refractivity contribution in [3.05, 3.63) is 30.7 Å². The molecule has 3 heterocycles. The van der Waals surface area contributed by atoms with Crippen molar-refractivity contribution in [3.63, 3.8) is 0 Å². The highest BCUT2D eigenvalue weighted by molar-refractivity contribution is 7.85. The maximum atomic E-state index is 12.6. The van der Waals surface area contributed by atoms with Crippen LogP contribution < -0.4 is 5.73 Å². The Morgan fingerprint density at radius 3 is 2.85 bits per heavy atom. The van der Waals surface area contributed by atoms with E-state index in [9.17, 15) is 4.21 Å². The molecule has 2 N–H and O–H groups in total.